The molecule has 4 nitrogen and oxygen atoms in total. The molecule has 0 heterocycles. The van der Waals surface area contributed by atoms with E-state index < -0.39 is 10.1 Å². The van der Waals surface area contributed by atoms with Crippen molar-refractivity contribution < 1.29 is 35.1 Å². The van der Waals surface area contributed by atoms with Gasteiger partial charge in [0.1, 0.15) is 0 Å². The Morgan fingerprint density at radius 1 is 0.800 bits per heavy atom. The van der Waals surface area contributed by atoms with Crippen molar-refractivity contribution in [3.8, 4) is 0 Å². The number of hydrogen-bond donors (Lipinski definition) is 2. The fraction of sp³-hybridized carbons (Fsp3) is 1.00. The van der Waals surface area contributed by atoms with E-state index in [9.17, 15) is 8.42 Å². The van der Waals surface area contributed by atoms with Crippen molar-refractivity contribution in [2.75, 3.05) is 12.4 Å². The second-order valence-corrected chi connectivity index (χ2v) is 5.06. The van der Waals surface area contributed by atoms with E-state index in [0.717, 1.165) is 38.5 Å². The Hall–Kier alpha value is 0.389. The summed E-state index contributed by atoms with van der Waals surface area (Å²) in [6.45, 7) is 0.253. The standard InChI is InChI=1S/C9H20O4S.Cu/c10-8-6-4-2-1-3-5-7-9-14(11,12)13;/h10H,1-9H2,(H,11,12,13);. The van der Waals surface area contributed by atoms with Crippen LogP contribution in [0.25, 0.3) is 0 Å². The Balaban J connectivity index is 0. The molecule has 0 spiro atoms. The number of unbranched alkanes of at least 4 members (excludes halogenated alkanes) is 6. The molecular weight excluding hydrogens is 268 g/mol. The van der Waals surface area contributed by atoms with Crippen molar-refractivity contribution in [1.82, 2.24) is 0 Å². The summed E-state index contributed by atoms with van der Waals surface area (Å²) in [5.41, 5.74) is 0. The molecule has 0 amide bonds. The summed E-state index contributed by atoms with van der Waals surface area (Å²) in [7, 11) is -3.76. The monoisotopic (exact) mass is 287 g/mol. The molecule has 1 radical (unpaired) electrons. The van der Waals surface area contributed by atoms with Crippen molar-refractivity contribution in [1.29, 1.82) is 0 Å². The topological polar surface area (TPSA) is 74.6 Å². The molecule has 0 saturated heterocycles. The molecule has 15 heavy (non-hydrogen) atoms. The zero-order valence-electron chi connectivity index (χ0n) is 8.78. The molecule has 0 aromatic carbocycles. The second-order valence-electron chi connectivity index (χ2n) is 3.48. The van der Waals surface area contributed by atoms with Crippen LogP contribution >= 0.6 is 0 Å². The molecule has 0 fully saturated rings. The summed E-state index contributed by atoms with van der Waals surface area (Å²) in [6, 6.07) is 0. The van der Waals surface area contributed by atoms with Crippen LogP contribution < -0.4 is 0 Å². The van der Waals surface area contributed by atoms with Gasteiger partial charge in [-0.05, 0) is 12.8 Å². The second kappa shape index (κ2) is 10.9. The van der Waals surface area contributed by atoms with Gasteiger partial charge < -0.3 is 5.11 Å². The average Bonchev–Trinajstić information content (AvgIpc) is 2.08. The smallest absolute Gasteiger partial charge is 0.264 e. The first kappa shape index (κ1) is 17.8. The Morgan fingerprint density at radius 2 is 1.20 bits per heavy atom. The van der Waals surface area contributed by atoms with Gasteiger partial charge in [0.15, 0.2) is 0 Å². The molecule has 0 aromatic heterocycles. The Labute approximate surface area is 103 Å². The van der Waals surface area contributed by atoms with E-state index in [1.807, 2.05) is 0 Å². The zero-order valence-corrected chi connectivity index (χ0v) is 10.5. The first-order valence-corrected chi connectivity index (χ1v) is 6.73. The molecule has 0 aliphatic carbocycles. The number of rotatable bonds is 9. The maximum absolute atomic E-state index is 10.3. The van der Waals surface area contributed by atoms with Gasteiger partial charge in [0, 0.05) is 23.7 Å². The van der Waals surface area contributed by atoms with Crippen LogP contribution in [-0.4, -0.2) is 30.4 Å². The van der Waals surface area contributed by atoms with Gasteiger partial charge in [-0.1, -0.05) is 32.1 Å². The van der Waals surface area contributed by atoms with Crippen molar-refractivity contribution in [2.45, 2.75) is 44.9 Å². The van der Waals surface area contributed by atoms with E-state index >= 15 is 0 Å². The summed E-state index contributed by atoms with van der Waals surface area (Å²) < 4.78 is 29.1. The normalized spacial score (nSPS) is 11.1. The molecular formula is C9H20CuO4S. The third-order valence-electron chi connectivity index (χ3n) is 2.06. The van der Waals surface area contributed by atoms with E-state index in [1.54, 1.807) is 0 Å². The predicted octanol–water partition coefficient (Wildman–Crippen LogP) is 1.59. The van der Waals surface area contributed by atoms with Crippen LogP contribution in [0, 0.1) is 0 Å². The van der Waals surface area contributed by atoms with Crippen molar-refractivity contribution in [2.24, 2.45) is 0 Å². The molecule has 6 heteroatoms. The quantitative estimate of drug-likeness (QED) is 0.384. The number of aliphatic hydroxyl groups excluding tert-OH is 1. The van der Waals surface area contributed by atoms with Gasteiger partial charge in [0.05, 0.1) is 5.75 Å². The van der Waals surface area contributed by atoms with Crippen LogP contribution in [0.15, 0.2) is 0 Å². The first-order chi connectivity index (χ1) is 6.56. The van der Waals surface area contributed by atoms with Crippen LogP contribution in [0.1, 0.15) is 44.9 Å². The van der Waals surface area contributed by atoms with E-state index in [1.165, 1.54) is 0 Å². The Kier molecular flexibility index (Phi) is 12.9. The minimum atomic E-state index is -3.76. The van der Waals surface area contributed by atoms with E-state index in [2.05, 4.69) is 0 Å². The van der Waals surface area contributed by atoms with Crippen molar-refractivity contribution in [3.63, 3.8) is 0 Å². The third kappa shape index (κ3) is 17.0. The van der Waals surface area contributed by atoms with Gasteiger partial charge in [-0.3, -0.25) is 4.55 Å². The number of hydrogen-bond acceptors (Lipinski definition) is 3. The average molecular weight is 288 g/mol. The SMILES string of the molecule is O=S(=O)(O)CCCCCCCCCO.[Cu]. The maximum atomic E-state index is 10.3. The minimum absolute atomic E-state index is 0. The van der Waals surface area contributed by atoms with Crippen molar-refractivity contribution >= 4 is 10.1 Å². The van der Waals surface area contributed by atoms with Gasteiger partial charge >= 0.3 is 0 Å². The summed E-state index contributed by atoms with van der Waals surface area (Å²) in [5.74, 6) is -0.121. The molecule has 0 saturated carbocycles. The largest absolute Gasteiger partial charge is 0.396 e. The summed E-state index contributed by atoms with van der Waals surface area (Å²) in [4.78, 5) is 0. The molecule has 2 N–H and O–H groups in total. The fourth-order valence-corrected chi connectivity index (χ4v) is 1.85. The molecule has 0 bridgehead atoms. The van der Waals surface area contributed by atoms with Gasteiger partial charge in [-0.2, -0.15) is 8.42 Å². The van der Waals surface area contributed by atoms with Gasteiger partial charge in [0.25, 0.3) is 10.1 Å². The Bertz CT molecular complexity index is 216. The minimum Gasteiger partial charge on any atom is -0.396 e. The van der Waals surface area contributed by atoms with Gasteiger partial charge in [0.2, 0.25) is 0 Å². The van der Waals surface area contributed by atoms with E-state index in [4.69, 9.17) is 9.66 Å². The predicted molar refractivity (Wildman–Crippen MR) is 55.8 cm³/mol. The van der Waals surface area contributed by atoms with Crippen LogP contribution in [0.2, 0.25) is 0 Å². The Morgan fingerprint density at radius 3 is 1.60 bits per heavy atom. The fourth-order valence-electron chi connectivity index (χ4n) is 1.28. The van der Waals surface area contributed by atoms with E-state index in [-0.39, 0.29) is 29.4 Å². The first-order valence-electron chi connectivity index (χ1n) is 5.12. The van der Waals surface area contributed by atoms with Gasteiger partial charge in [-0.25, -0.2) is 0 Å². The van der Waals surface area contributed by atoms with Crippen LogP contribution in [0.4, 0.5) is 0 Å². The van der Waals surface area contributed by atoms with Crippen molar-refractivity contribution in [3.05, 3.63) is 0 Å². The molecule has 0 atom stereocenters. The molecule has 0 aliphatic heterocycles. The van der Waals surface area contributed by atoms with Gasteiger partial charge in [-0.15, -0.1) is 0 Å². The zero-order chi connectivity index (χ0) is 10.9. The summed E-state index contributed by atoms with van der Waals surface area (Å²) in [5, 5.41) is 8.50. The summed E-state index contributed by atoms with van der Waals surface area (Å²) in [6.07, 6.45) is 6.44. The molecule has 0 rings (SSSR count). The third-order valence-corrected chi connectivity index (χ3v) is 2.86. The van der Waals surface area contributed by atoms with Crippen LogP contribution in [0.5, 0.6) is 0 Å². The number of aliphatic hydroxyl groups is 1. The van der Waals surface area contributed by atoms with Crippen LogP contribution in [-0.2, 0) is 27.2 Å². The molecule has 0 unspecified atom stereocenters. The molecule has 0 aromatic rings. The maximum Gasteiger partial charge on any atom is 0.264 e. The van der Waals surface area contributed by atoms with Crippen LogP contribution in [0.3, 0.4) is 0 Å². The van der Waals surface area contributed by atoms with E-state index in [0.29, 0.717) is 6.42 Å². The summed E-state index contributed by atoms with van der Waals surface area (Å²) >= 11 is 0. The molecule has 0 aliphatic rings. The molecule has 97 valence electrons.